The van der Waals surface area contributed by atoms with Gasteiger partial charge < -0.3 is 10.1 Å². The van der Waals surface area contributed by atoms with Crippen LogP contribution in [0.4, 0.5) is 5.69 Å². The fraction of sp³-hybridized carbons (Fsp3) is 0.235. The van der Waals surface area contributed by atoms with Gasteiger partial charge in [0.25, 0.3) is 5.91 Å². The fourth-order valence-corrected chi connectivity index (χ4v) is 1.79. The molecule has 5 heteroatoms. The lowest BCUT2D eigenvalue weighted by Crippen LogP contribution is -2.14. The second-order valence-electron chi connectivity index (χ2n) is 4.83. The summed E-state index contributed by atoms with van der Waals surface area (Å²) in [6.07, 6.45) is 2.43. The lowest BCUT2D eigenvalue weighted by molar-refractivity contribution is 0.102. The molecule has 2 aromatic rings. The number of ether oxygens (including phenoxy) is 1. The molecule has 0 spiro atoms. The molecular formula is C17H17N3O2. The number of pyridine rings is 1. The number of anilines is 1. The Balaban J connectivity index is 2.16. The van der Waals surface area contributed by atoms with Crippen LogP contribution in [0.25, 0.3) is 0 Å². The highest BCUT2D eigenvalue weighted by Gasteiger charge is 2.11. The van der Waals surface area contributed by atoms with Crippen LogP contribution in [0.5, 0.6) is 5.75 Å². The molecule has 1 heterocycles. The van der Waals surface area contributed by atoms with Gasteiger partial charge in [-0.15, -0.1) is 0 Å². The highest BCUT2D eigenvalue weighted by molar-refractivity contribution is 6.02. The summed E-state index contributed by atoms with van der Waals surface area (Å²) in [5, 5.41) is 11.9. The monoisotopic (exact) mass is 295 g/mol. The lowest BCUT2D eigenvalue weighted by atomic mass is 10.2. The van der Waals surface area contributed by atoms with E-state index >= 15 is 0 Å². The van der Waals surface area contributed by atoms with E-state index in [2.05, 4.69) is 16.4 Å². The number of rotatable bonds is 5. The van der Waals surface area contributed by atoms with Crippen LogP contribution in [0, 0.1) is 11.3 Å². The predicted octanol–water partition coefficient (Wildman–Crippen LogP) is 3.38. The van der Waals surface area contributed by atoms with Crippen LogP contribution in [0.15, 0.2) is 42.6 Å². The Kier molecular flexibility index (Phi) is 5.10. The summed E-state index contributed by atoms with van der Waals surface area (Å²) in [6.45, 7) is 3.95. The number of aromatic nitrogens is 1. The molecule has 112 valence electrons. The van der Waals surface area contributed by atoms with Crippen LogP contribution in [0.1, 0.15) is 36.3 Å². The van der Waals surface area contributed by atoms with Crippen molar-refractivity contribution in [1.82, 2.24) is 4.98 Å². The van der Waals surface area contributed by atoms with Gasteiger partial charge in [-0.05, 0) is 43.7 Å². The van der Waals surface area contributed by atoms with E-state index in [0.717, 1.165) is 6.42 Å². The zero-order chi connectivity index (χ0) is 15.9. The zero-order valence-corrected chi connectivity index (χ0v) is 12.5. The number of amides is 1. The first-order valence-electron chi connectivity index (χ1n) is 7.07. The number of benzene rings is 1. The molecule has 0 aliphatic heterocycles. The predicted molar refractivity (Wildman–Crippen MR) is 83.7 cm³/mol. The van der Waals surface area contributed by atoms with Gasteiger partial charge in [-0.2, -0.15) is 5.26 Å². The minimum atomic E-state index is -0.319. The Morgan fingerprint density at radius 2 is 2.23 bits per heavy atom. The van der Waals surface area contributed by atoms with E-state index in [9.17, 15) is 10.1 Å². The van der Waals surface area contributed by atoms with Gasteiger partial charge in [0.15, 0.2) is 0 Å². The average molecular weight is 295 g/mol. The minimum Gasteiger partial charge on any atom is -0.489 e. The van der Waals surface area contributed by atoms with Crippen LogP contribution < -0.4 is 10.1 Å². The van der Waals surface area contributed by atoms with E-state index in [1.54, 1.807) is 42.6 Å². The molecule has 1 aromatic carbocycles. The summed E-state index contributed by atoms with van der Waals surface area (Å²) >= 11 is 0. The van der Waals surface area contributed by atoms with E-state index in [1.807, 2.05) is 13.8 Å². The smallest absolute Gasteiger partial charge is 0.274 e. The molecule has 1 unspecified atom stereocenters. The van der Waals surface area contributed by atoms with Crippen molar-refractivity contribution in [3.8, 4) is 11.8 Å². The zero-order valence-electron chi connectivity index (χ0n) is 12.5. The quantitative estimate of drug-likeness (QED) is 0.917. The SMILES string of the molecule is CCC(C)Oc1ccc(NC(=O)c2ccccn2)cc1C#N. The summed E-state index contributed by atoms with van der Waals surface area (Å²) in [6, 6.07) is 12.2. The van der Waals surface area contributed by atoms with Gasteiger partial charge >= 0.3 is 0 Å². The average Bonchev–Trinajstić information content (AvgIpc) is 2.56. The minimum absolute atomic E-state index is 0.0288. The first-order chi connectivity index (χ1) is 10.6. The van der Waals surface area contributed by atoms with E-state index in [0.29, 0.717) is 22.7 Å². The largest absolute Gasteiger partial charge is 0.489 e. The second kappa shape index (κ2) is 7.23. The van der Waals surface area contributed by atoms with Gasteiger partial charge in [-0.3, -0.25) is 9.78 Å². The topological polar surface area (TPSA) is 75.0 Å². The van der Waals surface area contributed by atoms with Crippen molar-refractivity contribution in [1.29, 1.82) is 5.26 Å². The maximum atomic E-state index is 12.0. The van der Waals surface area contributed by atoms with Gasteiger partial charge in [-0.1, -0.05) is 13.0 Å². The molecule has 0 bridgehead atoms. The molecule has 1 atom stereocenters. The van der Waals surface area contributed by atoms with Gasteiger partial charge in [0, 0.05) is 11.9 Å². The van der Waals surface area contributed by atoms with Crippen LogP contribution in [0.3, 0.4) is 0 Å². The fourth-order valence-electron chi connectivity index (χ4n) is 1.79. The number of nitriles is 1. The number of carbonyl (C=O) groups excluding carboxylic acids is 1. The van der Waals surface area contributed by atoms with Crippen molar-refractivity contribution in [2.45, 2.75) is 26.4 Å². The molecule has 0 saturated heterocycles. The number of carbonyl (C=O) groups is 1. The van der Waals surface area contributed by atoms with Crippen LogP contribution in [-0.2, 0) is 0 Å². The summed E-state index contributed by atoms with van der Waals surface area (Å²) in [5.74, 6) is 0.202. The molecule has 1 aromatic heterocycles. The standard InChI is InChI=1S/C17H17N3O2/c1-3-12(2)22-16-8-7-14(10-13(16)11-18)20-17(21)15-6-4-5-9-19-15/h4-10,12H,3H2,1-2H3,(H,20,21). The number of hydrogen-bond acceptors (Lipinski definition) is 4. The third-order valence-corrected chi connectivity index (χ3v) is 3.16. The van der Waals surface area contributed by atoms with Crippen molar-refractivity contribution in [3.05, 3.63) is 53.9 Å². The molecule has 22 heavy (non-hydrogen) atoms. The molecule has 1 N–H and O–H groups in total. The van der Waals surface area contributed by atoms with Crippen molar-refractivity contribution in [3.63, 3.8) is 0 Å². The van der Waals surface area contributed by atoms with Gasteiger partial charge in [0.1, 0.15) is 17.5 Å². The molecule has 5 nitrogen and oxygen atoms in total. The summed E-state index contributed by atoms with van der Waals surface area (Å²) in [4.78, 5) is 16.0. The van der Waals surface area contributed by atoms with Crippen molar-refractivity contribution >= 4 is 11.6 Å². The van der Waals surface area contributed by atoms with Crippen LogP contribution in [0.2, 0.25) is 0 Å². The van der Waals surface area contributed by atoms with E-state index < -0.39 is 0 Å². The second-order valence-corrected chi connectivity index (χ2v) is 4.83. The molecule has 2 rings (SSSR count). The maximum absolute atomic E-state index is 12.0. The molecule has 0 radical (unpaired) electrons. The molecule has 0 fully saturated rings. The van der Waals surface area contributed by atoms with Gasteiger partial charge in [0.2, 0.25) is 0 Å². The molecule has 0 saturated carbocycles. The molecule has 0 aliphatic carbocycles. The Morgan fingerprint density at radius 1 is 1.41 bits per heavy atom. The summed E-state index contributed by atoms with van der Waals surface area (Å²) in [7, 11) is 0. The first kappa shape index (κ1) is 15.5. The normalized spacial score (nSPS) is 11.3. The maximum Gasteiger partial charge on any atom is 0.274 e. The first-order valence-corrected chi connectivity index (χ1v) is 7.07. The Labute approximate surface area is 129 Å². The summed E-state index contributed by atoms with van der Waals surface area (Å²) in [5.41, 5.74) is 1.24. The highest BCUT2D eigenvalue weighted by atomic mass is 16.5. The van der Waals surface area contributed by atoms with Crippen molar-refractivity contribution in [2.24, 2.45) is 0 Å². The van der Waals surface area contributed by atoms with Gasteiger partial charge in [-0.25, -0.2) is 0 Å². The summed E-state index contributed by atoms with van der Waals surface area (Å²) < 4.78 is 5.68. The third-order valence-electron chi connectivity index (χ3n) is 3.16. The lowest BCUT2D eigenvalue weighted by Gasteiger charge is -2.14. The number of nitrogens with one attached hydrogen (secondary N) is 1. The Morgan fingerprint density at radius 3 is 2.86 bits per heavy atom. The van der Waals surface area contributed by atoms with E-state index in [1.165, 1.54) is 0 Å². The number of hydrogen-bond donors (Lipinski definition) is 1. The van der Waals surface area contributed by atoms with Crippen molar-refractivity contribution < 1.29 is 9.53 Å². The Bertz CT molecular complexity index is 693. The van der Waals surface area contributed by atoms with Crippen LogP contribution in [-0.4, -0.2) is 17.0 Å². The van der Waals surface area contributed by atoms with E-state index in [4.69, 9.17) is 4.74 Å². The molecule has 1 amide bonds. The highest BCUT2D eigenvalue weighted by Crippen LogP contribution is 2.24. The van der Waals surface area contributed by atoms with Gasteiger partial charge in [0.05, 0.1) is 11.7 Å². The van der Waals surface area contributed by atoms with Crippen LogP contribution >= 0.6 is 0 Å². The van der Waals surface area contributed by atoms with E-state index in [-0.39, 0.29) is 12.0 Å². The Hall–Kier alpha value is -2.87. The molecular weight excluding hydrogens is 278 g/mol. The van der Waals surface area contributed by atoms with Crippen molar-refractivity contribution in [2.75, 3.05) is 5.32 Å². The number of nitrogens with zero attached hydrogens (tertiary/aromatic N) is 2. The molecule has 0 aliphatic rings. The third kappa shape index (κ3) is 3.83.